The first kappa shape index (κ1) is 20.5. The fourth-order valence-electron chi connectivity index (χ4n) is 4.23. The molecule has 2 amide bonds. The summed E-state index contributed by atoms with van der Waals surface area (Å²) in [5, 5.41) is 7.64. The summed E-state index contributed by atoms with van der Waals surface area (Å²) < 4.78 is 7.45. The van der Waals surface area contributed by atoms with E-state index < -0.39 is 0 Å². The molecule has 7 nitrogen and oxygen atoms in total. The smallest absolute Gasteiger partial charge is 0.251 e. The third-order valence-electron chi connectivity index (χ3n) is 6.01. The van der Waals surface area contributed by atoms with Gasteiger partial charge in [0, 0.05) is 36.8 Å². The second-order valence-electron chi connectivity index (χ2n) is 8.25. The third-order valence-corrected chi connectivity index (χ3v) is 6.01. The molecule has 1 aromatic heterocycles. The fourth-order valence-corrected chi connectivity index (χ4v) is 4.23. The summed E-state index contributed by atoms with van der Waals surface area (Å²) in [4.78, 5) is 26.9. The summed E-state index contributed by atoms with van der Waals surface area (Å²) in [5.74, 6) is 0.778. The van der Waals surface area contributed by atoms with Crippen molar-refractivity contribution in [3.8, 4) is 11.3 Å². The number of hydrogen-bond acceptors (Lipinski definition) is 4. The van der Waals surface area contributed by atoms with Crippen molar-refractivity contribution in [2.75, 3.05) is 18.1 Å². The molecule has 2 aromatic carbocycles. The summed E-state index contributed by atoms with van der Waals surface area (Å²) in [7, 11) is 0. The SMILES string of the molecule is O=C(NCC1CCCO1)c1ccc(CN2C(=O)CCn3nc(-c4ccccc4)cc32)cc1. The van der Waals surface area contributed by atoms with Crippen LogP contribution >= 0.6 is 0 Å². The number of amides is 2. The van der Waals surface area contributed by atoms with Crippen LogP contribution in [0.4, 0.5) is 5.82 Å². The van der Waals surface area contributed by atoms with Crippen molar-refractivity contribution in [1.29, 1.82) is 0 Å². The van der Waals surface area contributed by atoms with Gasteiger partial charge >= 0.3 is 0 Å². The Kier molecular flexibility index (Phi) is 5.73. The summed E-state index contributed by atoms with van der Waals surface area (Å²) >= 11 is 0. The average molecular weight is 431 g/mol. The molecule has 0 saturated carbocycles. The number of nitrogens with zero attached hydrogens (tertiary/aromatic N) is 3. The molecule has 164 valence electrons. The highest BCUT2D eigenvalue weighted by Gasteiger charge is 2.26. The predicted molar refractivity (Wildman–Crippen MR) is 121 cm³/mol. The lowest BCUT2D eigenvalue weighted by atomic mass is 10.1. The maximum Gasteiger partial charge on any atom is 0.251 e. The molecule has 0 radical (unpaired) electrons. The largest absolute Gasteiger partial charge is 0.376 e. The van der Waals surface area contributed by atoms with Gasteiger partial charge < -0.3 is 10.1 Å². The molecule has 2 aliphatic rings. The van der Waals surface area contributed by atoms with E-state index in [0.717, 1.165) is 42.1 Å². The van der Waals surface area contributed by atoms with Crippen LogP contribution < -0.4 is 10.2 Å². The highest BCUT2D eigenvalue weighted by atomic mass is 16.5. The number of carbonyl (C=O) groups excluding carboxylic acids is 2. The number of nitrogens with one attached hydrogen (secondary N) is 1. The topological polar surface area (TPSA) is 76.5 Å². The number of benzene rings is 2. The highest BCUT2D eigenvalue weighted by Crippen LogP contribution is 2.29. The van der Waals surface area contributed by atoms with Crippen LogP contribution in [0.3, 0.4) is 0 Å². The van der Waals surface area contributed by atoms with Crippen LogP contribution in [0.25, 0.3) is 11.3 Å². The summed E-state index contributed by atoms with van der Waals surface area (Å²) in [6.45, 7) is 2.34. The van der Waals surface area contributed by atoms with E-state index in [9.17, 15) is 9.59 Å². The Labute approximate surface area is 187 Å². The lowest BCUT2D eigenvalue weighted by Gasteiger charge is -2.27. The zero-order valence-corrected chi connectivity index (χ0v) is 17.9. The van der Waals surface area contributed by atoms with Crippen molar-refractivity contribution in [3.05, 3.63) is 71.8 Å². The average Bonchev–Trinajstić information content (AvgIpc) is 3.50. The number of aryl methyl sites for hydroxylation is 1. The number of rotatable bonds is 6. The Bertz CT molecular complexity index is 1100. The van der Waals surface area contributed by atoms with Crippen LogP contribution in [0.15, 0.2) is 60.7 Å². The maximum absolute atomic E-state index is 12.7. The third kappa shape index (κ3) is 4.29. The van der Waals surface area contributed by atoms with Crippen LogP contribution in [0.5, 0.6) is 0 Å². The van der Waals surface area contributed by atoms with Crippen LogP contribution in [-0.2, 0) is 22.6 Å². The number of hydrogen-bond donors (Lipinski definition) is 1. The van der Waals surface area contributed by atoms with Crippen molar-refractivity contribution in [2.45, 2.75) is 38.5 Å². The van der Waals surface area contributed by atoms with E-state index >= 15 is 0 Å². The second-order valence-corrected chi connectivity index (χ2v) is 8.25. The molecule has 5 rings (SSSR count). The normalized spacial score (nSPS) is 17.9. The molecule has 1 atom stereocenters. The molecular formula is C25H26N4O3. The van der Waals surface area contributed by atoms with Crippen molar-refractivity contribution >= 4 is 17.6 Å². The molecular weight excluding hydrogens is 404 g/mol. The second kappa shape index (κ2) is 8.96. The van der Waals surface area contributed by atoms with Gasteiger partial charge in [-0.15, -0.1) is 0 Å². The van der Waals surface area contributed by atoms with Crippen molar-refractivity contribution in [3.63, 3.8) is 0 Å². The summed E-state index contributed by atoms with van der Waals surface area (Å²) in [6.07, 6.45) is 2.59. The predicted octanol–water partition coefficient (Wildman–Crippen LogP) is 3.40. The molecule has 3 heterocycles. The molecule has 0 bridgehead atoms. The van der Waals surface area contributed by atoms with Gasteiger partial charge in [-0.25, -0.2) is 4.68 Å². The monoisotopic (exact) mass is 430 g/mol. The van der Waals surface area contributed by atoms with Gasteiger partial charge in [-0.1, -0.05) is 42.5 Å². The van der Waals surface area contributed by atoms with Crippen LogP contribution in [0, 0.1) is 0 Å². The van der Waals surface area contributed by atoms with Crippen molar-refractivity contribution in [1.82, 2.24) is 15.1 Å². The Morgan fingerprint density at radius 3 is 2.69 bits per heavy atom. The van der Waals surface area contributed by atoms with Gasteiger partial charge in [-0.2, -0.15) is 5.10 Å². The molecule has 1 unspecified atom stereocenters. The van der Waals surface area contributed by atoms with Gasteiger partial charge in [-0.05, 0) is 30.5 Å². The Hall–Kier alpha value is -3.45. The van der Waals surface area contributed by atoms with Crippen molar-refractivity contribution in [2.24, 2.45) is 0 Å². The Morgan fingerprint density at radius 1 is 1.12 bits per heavy atom. The van der Waals surface area contributed by atoms with Gasteiger partial charge in [0.05, 0.1) is 24.9 Å². The minimum absolute atomic E-state index is 0.0791. The lowest BCUT2D eigenvalue weighted by molar-refractivity contribution is -0.119. The van der Waals surface area contributed by atoms with E-state index in [2.05, 4.69) is 5.32 Å². The fraction of sp³-hybridized carbons (Fsp3) is 0.320. The minimum atomic E-state index is -0.105. The first-order valence-corrected chi connectivity index (χ1v) is 11.1. The number of anilines is 1. The van der Waals surface area contributed by atoms with Crippen LogP contribution in [0.2, 0.25) is 0 Å². The highest BCUT2D eigenvalue weighted by molar-refractivity contribution is 5.95. The lowest BCUT2D eigenvalue weighted by Crippen LogP contribution is -2.37. The van der Waals surface area contributed by atoms with E-state index in [4.69, 9.17) is 9.84 Å². The molecule has 0 aliphatic carbocycles. The summed E-state index contributed by atoms with van der Waals surface area (Å²) in [6, 6.07) is 19.4. The molecule has 1 N–H and O–H groups in total. The number of carbonyl (C=O) groups is 2. The molecule has 7 heteroatoms. The van der Waals surface area contributed by atoms with Gasteiger partial charge in [0.2, 0.25) is 5.91 Å². The summed E-state index contributed by atoms with van der Waals surface area (Å²) in [5.41, 5.74) is 3.46. The zero-order valence-electron chi connectivity index (χ0n) is 17.9. The van der Waals surface area contributed by atoms with Gasteiger partial charge in [0.15, 0.2) is 0 Å². The zero-order chi connectivity index (χ0) is 21.9. The first-order valence-electron chi connectivity index (χ1n) is 11.1. The van der Waals surface area contributed by atoms with Gasteiger partial charge in [0.1, 0.15) is 5.82 Å². The van der Waals surface area contributed by atoms with Crippen LogP contribution in [0.1, 0.15) is 35.2 Å². The van der Waals surface area contributed by atoms with Gasteiger partial charge in [0.25, 0.3) is 5.91 Å². The van der Waals surface area contributed by atoms with Crippen molar-refractivity contribution < 1.29 is 14.3 Å². The van der Waals surface area contributed by atoms with E-state index in [1.165, 1.54) is 0 Å². The first-order chi connectivity index (χ1) is 15.7. The Morgan fingerprint density at radius 2 is 1.94 bits per heavy atom. The molecule has 2 aliphatic heterocycles. The van der Waals surface area contributed by atoms with E-state index in [-0.39, 0.29) is 17.9 Å². The van der Waals surface area contributed by atoms with E-state index in [1.807, 2.05) is 53.2 Å². The molecule has 1 saturated heterocycles. The van der Waals surface area contributed by atoms with E-state index in [0.29, 0.717) is 31.6 Å². The quantitative estimate of drug-likeness (QED) is 0.650. The Balaban J connectivity index is 1.28. The number of ether oxygens (including phenoxy) is 1. The molecule has 3 aromatic rings. The maximum atomic E-state index is 12.7. The number of aromatic nitrogens is 2. The minimum Gasteiger partial charge on any atom is -0.376 e. The van der Waals surface area contributed by atoms with E-state index in [1.54, 1.807) is 17.0 Å². The van der Waals surface area contributed by atoms with Gasteiger partial charge in [-0.3, -0.25) is 14.5 Å². The molecule has 0 spiro atoms. The molecule has 1 fully saturated rings. The van der Waals surface area contributed by atoms with Crippen LogP contribution in [-0.4, -0.2) is 40.9 Å². The number of fused-ring (bicyclic) bond motifs is 1. The molecule has 32 heavy (non-hydrogen) atoms. The standard InChI is InChI=1S/C25H26N4O3/c30-24-12-13-29-23(15-22(27-29)19-5-2-1-3-6-19)28(24)17-18-8-10-20(11-9-18)25(31)26-16-21-7-4-14-32-21/h1-3,5-6,8-11,15,21H,4,7,12-14,16-17H2,(H,26,31).